The fraction of sp³-hybridized carbons (Fsp3) is 0.250. The van der Waals surface area contributed by atoms with Crippen LogP contribution in [0.5, 0.6) is 17.2 Å². The predicted octanol–water partition coefficient (Wildman–Crippen LogP) is 4.75. The maximum Gasteiger partial charge on any atom is 0.203 e. The minimum atomic E-state index is 0.0495. The van der Waals surface area contributed by atoms with E-state index in [-0.39, 0.29) is 6.17 Å². The Morgan fingerprint density at radius 2 is 1.17 bits per heavy atom. The van der Waals surface area contributed by atoms with Crippen molar-refractivity contribution in [2.45, 2.75) is 19.3 Å². The standard InChI is InChI=1S/C24H24N2O3/c1-27-21-12-18(13-22(28-2)23(21)29-3)24-25-14-16-8-4-5-9-17(16)15-26(24)20-11-7-6-10-19(20)25/h4-13,24H,14-15H2,1-3H3. The summed E-state index contributed by atoms with van der Waals surface area (Å²) in [6.07, 6.45) is 0.0495. The maximum atomic E-state index is 5.63. The molecular weight excluding hydrogens is 364 g/mol. The minimum Gasteiger partial charge on any atom is -0.493 e. The molecule has 5 rings (SSSR count). The molecule has 3 aromatic carbocycles. The van der Waals surface area contributed by atoms with E-state index in [1.807, 2.05) is 0 Å². The zero-order chi connectivity index (χ0) is 20.0. The molecule has 0 fully saturated rings. The second kappa shape index (κ2) is 6.92. The molecule has 148 valence electrons. The van der Waals surface area contributed by atoms with E-state index in [0.717, 1.165) is 18.7 Å². The highest BCUT2D eigenvalue weighted by Crippen LogP contribution is 2.51. The topological polar surface area (TPSA) is 34.2 Å². The van der Waals surface area contributed by atoms with Crippen molar-refractivity contribution in [1.29, 1.82) is 0 Å². The Morgan fingerprint density at radius 3 is 1.62 bits per heavy atom. The Labute approximate surface area is 171 Å². The number of hydrogen-bond acceptors (Lipinski definition) is 5. The van der Waals surface area contributed by atoms with Crippen LogP contribution in [0.3, 0.4) is 0 Å². The normalized spacial score (nSPS) is 14.9. The van der Waals surface area contributed by atoms with E-state index >= 15 is 0 Å². The van der Waals surface area contributed by atoms with Gasteiger partial charge in [0, 0.05) is 18.7 Å². The van der Waals surface area contributed by atoms with Gasteiger partial charge in [-0.25, -0.2) is 0 Å². The average molecular weight is 388 g/mol. The Bertz CT molecular complexity index is 988. The molecule has 0 N–H and O–H groups in total. The van der Waals surface area contributed by atoms with Crippen LogP contribution in [0.1, 0.15) is 22.9 Å². The van der Waals surface area contributed by atoms with Crippen LogP contribution in [0, 0.1) is 0 Å². The Morgan fingerprint density at radius 1 is 0.690 bits per heavy atom. The van der Waals surface area contributed by atoms with Gasteiger partial charge in [-0.2, -0.15) is 0 Å². The summed E-state index contributed by atoms with van der Waals surface area (Å²) >= 11 is 0. The molecule has 0 unspecified atom stereocenters. The van der Waals surface area contributed by atoms with Gasteiger partial charge in [0.05, 0.1) is 32.7 Å². The summed E-state index contributed by atoms with van der Waals surface area (Å²) in [5, 5.41) is 0. The lowest BCUT2D eigenvalue weighted by atomic mass is 10.1. The molecule has 2 aliphatic rings. The van der Waals surface area contributed by atoms with Gasteiger partial charge in [0.25, 0.3) is 0 Å². The molecule has 0 amide bonds. The lowest BCUT2D eigenvalue weighted by molar-refractivity contribution is 0.323. The second-order valence-corrected chi connectivity index (χ2v) is 7.35. The minimum absolute atomic E-state index is 0.0495. The monoisotopic (exact) mass is 388 g/mol. The van der Waals surface area contributed by atoms with Crippen LogP contribution in [0.15, 0.2) is 60.7 Å². The molecule has 0 aromatic heterocycles. The molecule has 0 spiro atoms. The largest absolute Gasteiger partial charge is 0.493 e. The number of hydrogen-bond donors (Lipinski definition) is 0. The molecule has 5 nitrogen and oxygen atoms in total. The van der Waals surface area contributed by atoms with Crippen LogP contribution in [0.4, 0.5) is 11.4 Å². The highest BCUT2D eigenvalue weighted by Gasteiger charge is 2.40. The van der Waals surface area contributed by atoms with Crippen LogP contribution in [-0.4, -0.2) is 21.3 Å². The van der Waals surface area contributed by atoms with Crippen LogP contribution < -0.4 is 24.0 Å². The molecule has 0 saturated heterocycles. The van der Waals surface area contributed by atoms with E-state index in [4.69, 9.17) is 14.2 Å². The smallest absolute Gasteiger partial charge is 0.203 e. The number of methoxy groups -OCH3 is 3. The van der Waals surface area contributed by atoms with E-state index < -0.39 is 0 Å². The molecule has 5 heteroatoms. The van der Waals surface area contributed by atoms with Gasteiger partial charge in [-0.1, -0.05) is 36.4 Å². The fourth-order valence-electron chi connectivity index (χ4n) is 4.57. The predicted molar refractivity (Wildman–Crippen MR) is 114 cm³/mol. The number of benzene rings is 3. The molecule has 0 saturated carbocycles. The number of ether oxygens (including phenoxy) is 3. The molecule has 2 aliphatic heterocycles. The highest BCUT2D eigenvalue weighted by atomic mass is 16.5. The zero-order valence-electron chi connectivity index (χ0n) is 16.9. The van der Waals surface area contributed by atoms with Crippen molar-refractivity contribution in [3.8, 4) is 17.2 Å². The van der Waals surface area contributed by atoms with Crippen molar-refractivity contribution in [2.24, 2.45) is 0 Å². The van der Waals surface area contributed by atoms with Crippen LogP contribution in [0.2, 0.25) is 0 Å². The van der Waals surface area contributed by atoms with Crippen molar-refractivity contribution < 1.29 is 14.2 Å². The van der Waals surface area contributed by atoms with Gasteiger partial charge in [-0.15, -0.1) is 0 Å². The summed E-state index contributed by atoms with van der Waals surface area (Å²) in [6, 6.07) is 21.4. The van der Waals surface area contributed by atoms with E-state index in [2.05, 4.69) is 70.5 Å². The molecule has 3 aromatic rings. The van der Waals surface area contributed by atoms with Crippen molar-refractivity contribution in [1.82, 2.24) is 0 Å². The summed E-state index contributed by atoms with van der Waals surface area (Å²) in [6.45, 7) is 1.70. The van der Waals surface area contributed by atoms with Gasteiger partial charge in [-0.3, -0.25) is 0 Å². The van der Waals surface area contributed by atoms with Crippen LogP contribution in [-0.2, 0) is 13.1 Å². The number of nitrogens with zero attached hydrogens (tertiary/aromatic N) is 2. The summed E-state index contributed by atoms with van der Waals surface area (Å²) in [7, 11) is 4.96. The zero-order valence-corrected chi connectivity index (χ0v) is 16.9. The summed E-state index contributed by atoms with van der Waals surface area (Å²) < 4.78 is 16.8. The lowest BCUT2D eigenvalue weighted by Gasteiger charge is -2.31. The summed E-state index contributed by atoms with van der Waals surface area (Å²) in [5.74, 6) is 1.97. The van der Waals surface area contributed by atoms with Crippen LogP contribution in [0.25, 0.3) is 0 Å². The van der Waals surface area contributed by atoms with Crippen molar-refractivity contribution in [3.63, 3.8) is 0 Å². The molecule has 0 atom stereocenters. The molecule has 2 heterocycles. The molecule has 2 bridgehead atoms. The van der Waals surface area contributed by atoms with E-state index in [0.29, 0.717) is 17.2 Å². The number of para-hydroxylation sites is 2. The first-order chi connectivity index (χ1) is 14.2. The summed E-state index contributed by atoms with van der Waals surface area (Å²) in [5.41, 5.74) is 6.34. The molecular formula is C24H24N2O3. The molecule has 0 radical (unpaired) electrons. The fourth-order valence-corrected chi connectivity index (χ4v) is 4.57. The third kappa shape index (κ3) is 2.69. The quantitative estimate of drug-likeness (QED) is 0.644. The third-order valence-electron chi connectivity index (χ3n) is 5.88. The first kappa shape index (κ1) is 17.7. The van der Waals surface area contributed by atoms with Gasteiger partial charge in [0.2, 0.25) is 5.75 Å². The van der Waals surface area contributed by atoms with Gasteiger partial charge >= 0.3 is 0 Å². The molecule has 0 aliphatic carbocycles. The van der Waals surface area contributed by atoms with Crippen LogP contribution >= 0.6 is 0 Å². The van der Waals surface area contributed by atoms with Gasteiger partial charge in [-0.05, 0) is 35.4 Å². The highest BCUT2D eigenvalue weighted by molar-refractivity contribution is 5.79. The van der Waals surface area contributed by atoms with Gasteiger partial charge < -0.3 is 24.0 Å². The average Bonchev–Trinajstić information content (AvgIpc) is 2.95. The maximum absolute atomic E-state index is 5.63. The third-order valence-corrected chi connectivity index (χ3v) is 5.88. The van der Waals surface area contributed by atoms with Crippen molar-refractivity contribution in [3.05, 3.63) is 77.4 Å². The van der Waals surface area contributed by atoms with Gasteiger partial charge in [0.15, 0.2) is 11.5 Å². The van der Waals surface area contributed by atoms with Crippen molar-refractivity contribution >= 4 is 11.4 Å². The Kier molecular flexibility index (Phi) is 4.23. The summed E-state index contributed by atoms with van der Waals surface area (Å²) in [4.78, 5) is 4.92. The SMILES string of the molecule is COc1cc(C2N3Cc4ccccc4CN2c2ccccc23)cc(OC)c1OC. The number of anilines is 2. The first-order valence-electron chi connectivity index (χ1n) is 9.74. The number of rotatable bonds is 4. The van der Waals surface area contributed by atoms with E-state index in [1.165, 1.54) is 22.5 Å². The lowest BCUT2D eigenvalue weighted by Crippen LogP contribution is -2.32. The first-order valence-corrected chi connectivity index (χ1v) is 9.74. The van der Waals surface area contributed by atoms with Gasteiger partial charge in [0.1, 0.15) is 6.17 Å². The number of fused-ring (bicyclic) bond motifs is 6. The molecule has 29 heavy (non-hydrogen) atoms. The van der Waals surface area contributed by atoms with Crippen molar-refractivity contribution in [2.75, 3.05) is 31.1 Å². The second-order valence-electron chi connectivity index (χ2n) is 7.35. The van der Waals surface area contributed by atoms with E-state index in [1.54, 1.807) is 21.3 Å². The Hall–Kier alpha value is -3.34. The van der Waals surface area contributed by atoms with E-state index in [9.17, 15) is 0 Å². The Balaban J connectivity index is 1.68.